The van der Waals surface area contributed by atoms with Crippen LogP contribution in [-0.2, 0) is 6.42 Å². The molecule has 2 unspecified atom stereocenters. The second-order valence-corrected chi connectivity index (χ2v) is 5.72. The van der Waals surface area contributed by atoms with Crippen LogP contribution in [0.1, 0.15) is 31.7 Å². The van der Waals surface area contributed by atoms with Gasteiger partial charge in [-0.15, -0.1) is 0 Å². The van der Waals surface area contributed by atoms with Gasteiger partial charge in [0.05, 0.1) is 0 Å². The van der Waals surface area contributed by atoms with E-state index in [1.54, 1.807) is 12.1 Å². The van der Waals surface area contributed by atoms with Crippen LogP contribution >= 0.6 is 0 Å². The van der Waals surface area contributed by atoms with Gasteiger partial charge in [0.1, 0.15) is 17.7 Å². The largest absolute Gasteiger partial charge is 0.490 e. The molecular weight excluding hydrogens is 229 g/mol. The lowest BCUT2D eigenvalue weighted by molar-refractivity contribution is 0.196. The first-order valence-corrected chi connectivity index (χ1v) is 6.89. The molecule has 1 heterocycles. The van der Waals surface area contributed by atoms with Gasteiger partial charge in [0, 0.05) is 18.0 Å². The van der Waals surface area contributed by atoms with Crippen LogP contribution in [0.4, 0.5) is 4.39 Å². The van der Waals surface area contributed by atoms with E-state index in [1.807, 2.05) is 0 Å². The standard InChI is InChI=1S/C15H20FNO/c1-10(9-17-13-3-4-13)6-14-8-11-7-12(16)2-5-15(11)18-14/h2,5,7,10,13-14,17H,3-4,6,8-9H2,1H3. The SMILES string of the molecule is CC(CNC1CC1)CC1Cc2cc(F)ccc2O1. The van der Waals surface area contributed by atoms with Crippen molar-refractivity contribution in [2.45, 2.75) is 44.8 Å². The molecule has 98 valence electrons. The number of fused-ring (bicyclic) bond motifs is 1. The molecule has 0 bridgehead atoms. The minimum atomic E-state index is -0.165. The van der Waals surface area contributed by atoms with E-state index in [-0.39, 0.29) is 11.9 Å². The first-order chi connectivity index (χ1) is 8.70. The maximum Gasteiger partial charge on any atom is 0.123 e. The van der Waals surface area contributed by atoms with Gasteiger partial charge in [0.25, 0.3) is 0 Å². The van der Waals surface area contributed by atoms with Crippen molar-refractivity contribution < 1.29 is 9.13 Å². The van der Waals surface area contributed by atoms with E-state index in [9.17, 15) is 4.39 Å². The number of benzene rings is 1. The Morgan fingerprint density at radius 3 is 3.06 bits per heavy atom. The van der Waals surface area contributed by atoms with Crippen LogP contribution in [0, 0.1) is 11.7 Å². The summed E-state index contributed by atoms with van der Waals surface area (Å²) < 4.78 is 19.0. The van der Waals surface area contributed by atoms with E-state index in [4.69, 9.17) is 4.74 Å². The normalized spacial score (nSPS) is 23.6. The molecule has 1 saturated carbocycles. The van der Waals surface area contributed by atoms with Gasteiger partial charge in [-0.25, -0.2) is 4.39 Å². The topological polar surface area (TPSA) is 21.3 Å². The third-order valence-electron chi connectivity index (χ3n) is 3.76. The van der Waals surface area contributed by atoms with Crippen molar-refractivity contribution in [2.24, 2.45) is 5.92 Å². The minimum Gasteiger partial charge on any atom is -0.490 e. The average Bonchev–Trinajstić information content (AvgIpc) is 3.07. The fraction of sp³-hybridized carbons (Fsp3) is 0.600. The monoisotopic (exact) mass is 249 g/mol. The van der Waals surface area contributed by atoms with Crippen molar-refractivity contribution in [3.63, 3.8) is 0 Å². The van der Waals surface area contributed by atoms with E-state index in [0.29, 0.717) is 5.92 Å². The molecule has 1 fully saturated rings. The zero-order chi connectivity index (χ0) is 12.5. The second kappa shape index (κ2) is 4.88. The van der Waals surface area contributed by atoms with Gasteiger partial charge < -0.3 is 10.1 Å². The number of halogens is 1. The van der Waals surface area contributed by atoms with E-state index in [2.05, 4.69) is 12.2 Å². The van der Waals surface area contributed by atoms with Gasteiger partial charge in [-0.05, 0) is 49.9 Å². The summed E-state index contributed by atoms with van der Waals surface area (Å²) in [5.74, 6) is 1.31. The lowest BCUT2D eigenvalue weighted by Crippen LogP contribution is -2.27. The third-order valence-corrected chi connectivity index (χ3v) is 3.76. The zero-order valence-corrected chi connectivity index (χ0v) is 10.8. The number of hydrogen-bond donors (Lipinski definition) is 1. The van der Waals surface area contributed by atoms with E-state index >= 15 is 0 Å². The quantitative estimate of drug-likeness (QED) is 0.866. The summed E-state index contributed by atoms with van der Waals surface area (Å²) in [6.45, 7) is 3.32. The highest BCUT2D eigenvalue weighted by atomic mass is 19.1. The molecule has 18 heavy (non-hydrogen) atoms. The molecule has 1 aliphatic carbocycles. The van der Waals surface area contributed by atoms with Gasteiger partial charge in [0.2, 0.25) is 0 Å². The van der Waals surface area contributed by atoms with E-state index in [1.165, 1.54) is 18.9 Å². The third kappa shape index (κ3) is 2.83. The maximum atomic E-state index is 13.1. The summed E-state index contributed by atoms with van der Waals surface area (Å²) in [6, 6.07) is 5.59. The lowest BCUT2D eigenvalue weighted by Gasteiger charge is -2.17. The molecule has 2 aliphatic rings. The summed E-state index contributed by atoms with van der Waals surface area (Å²) in [6.07, 6.45) is 4.77. The molecule has 0 amide bonds. The number of ether oxygens (including phenoxy) is 1. The predicted molar refractivity (Wildman–Crippen MR) is 69.3 cm³/mol. The first kappa shape index (κ1) is 12.0. The summed E-state index contributed by atoms with van der Waals surface area (Å²) in [4.78, 5) is 0. The Balaban J connectivity index is 1.50. The molecule has 1 N–H and O–H groups in total. The summed E-state index contributed by atoms with van der Waals surface area (Å²) in [7, 11) is 0. The highest BCUT2D eigenvalue weighted by molar-refractivity contribution is 5.37. The molecule has 0 spiro atoms. The zero-order valence-electron chi connectivity index (χ0n) is 10.8. The average molecular weight is 249 g/mol. The second-order valence-electron chi connectivity index (χ2n) is 5.72. The highest BCUT2D eigenvalue weighted by Gasteiger charge is 2.26. The Morgan fingerprint density at radius 1 is 1.44 bits per heavy atom. The Hall–Kier alpha value is -1.09. The minimum absolute atomic E-state index is 0.165. The van der Waals surface area contributed by atoms with Gasteiger partial charge in [-0.1, -0.05) is 6.92 Å². The smallest absolute Gasteiger partial charge is 0.123 e. The number of hydrogen-bond acceptors (Lipinski definition) is 2. The lowest BCUT2D eigenvalue weighted by atomic mass is 10.00. The molecule has 0 aromatic heterocycles. The van der Waals surface area contributed by atoms with Crippen molar-refractivity contribution in [2.75, 3.05) is 6.54 Å². The van der Waals surface area contributed by atoms with Crippen molar-refractivity contribution >= 4 is 0 Å². The molecule has 3 rings (SSSR count). The fourth-order valence-corrected chi connectivity index (χ4v) is 2.61. The summed E-state index contributed by atoms with van der Waals surface area (Å²) >= 11 is 0. The van der Waals surface area contributed by atoms with Crippen molar-refractivity contribution in [1.29, 1.82) is 0 Å². The maximum absolute atomic E-state index is 13.1. The van der Waals surface area contributed by atoms with Gasteiger partial charge in [-0.2, -0.15) is 0 Å². The van der Waals surface area contributed by atoms with Crippen LogP contribution < -0.4 is 10.1 Å². The van der Waals surface area contributed by atoms with Crippen LogP contribution in [0.25, 0.3) is 0 Å². The van der Waals surface area contributed by atoms with Crippen LogP contribution in [0.5, 0.6) is 5.75 Å². The van der Waals surface area contributed by atoms with Crippen molar-refractivity contribution in [3.8, 4) is 5.75 Å². The summed E-state index contributed by atoms with van der Waals surface area (Å²) in [5.41, 5.74) is 1.02. The van der Waals surface area contributed by atoms with E-state index < -0.39 is 0 Å². The molecule has 0 radical (unpaired) electrons. The highest BCUT2D eigenvalue weighted by Crippen LogP contribution is 2.31. The van der Waals surface area contributed by atoms with Crippen molar-refractivity contribution in [1.82, 2.24) is 5.32 Å². The van der Waals surface area contributed by atoms with Crippen LogP contribution in [-0.4, -0.2) is 18.7 Å². The van der Waals surface area contributed by atoms with Gasteiger partial charge >= 0.3 is 0 Å². The number of nitrogens with one attached hydrogen (secondary N) is 1. The Labute approximate surface area is 108 Å². The van der Waals surface area contributed by atoms with Crippen molar-refractivity contribution in [3.05, 3.63) is 29.6 Å². The molecule has 1 aromatic rings. The molecule has 1 aliphatic heterocycles. The fourth-order valence-electron chi connectivity index (χ4n) is 2.61. The van der Waals surface area contributed by atoms with Gasteiger partial charge in [-0.3, -0.25) is 0 Å². The molecule has 2 nitrogen and oxygen atoms in total. The van der Waals surface area contributed by atoms with E-state index in [0.717, 1.165) is 36.7 Å². The number of rotatable bonds is 5. The molecular formula is C15H20FNO. The van der Waals surface area contributed by atoms with Crippen LogP contribution in [0.15, 0.2) is 18.2 Å². The molecule has 0 saturated heterocycles. The predicted octanol–water partition coefficient (Wildman–Crippen LogP) is 2.91. The Morgan fingerprint density at radius 2 is 2.28 bits per heavy atom. The van der Waals surface area contributed by atoms with Crippen LogP contribution in [0.2, 0.25) is 0 Å². The molecule has 2 atom stereocenters. The first-order valence-electron chi connectivity index (χ1n) is 6.89. The van der Waals surface area contributed by atoms with Crippen LogP contribution in [0.3, 0.4) is 0 Å². The Bertz CT molecular complexity index is 431. The Kier molecular flexibility index (Phi) is 3.25. The molecule has 1 aromatic carbocycles. The van der Waals surface area contributed by atoms with Gasteiger partial charge in [0.15, 0.2) is 0 Å². The molecule has 3 heteroatoms. The summed E-state index contributed by atoms with van der Waals surface area (Å²) in [5, 5.41) is 3.55.